The van der Waals surface area contributed by atoms with Crippen molar-refractivity contribution < 1.29 is 22.8 Å². The monoisotopic (exact) mass is 329 g/mol. The highest BCUT2D eigenvalue weighted by atomic mass is 19.1. The Labute approximate surface area is 136 Å². The van der Waals surface area contributed by atoms with Crippen molar-refractivity contribution in [3.05, 3.63) is 65.7 Å². The molecule has 0 fully saturated rings. The van der Waals surface area contributed by atoms with Crippen molar-refractivity contribution in [2.24, 2.45) is 0 Å². The summed E-state index contributed by atoms with van der Waals surface area (Å²) in [5, 5.41) is 3.79. The number of carbonyl (C=O) groups is 1. The third kappa shape index (κ3) is 2.78. The second-order valence-corrected chi connectivity index (χ2v) is 4.92. The lowest BCUT2D eigenvalue weighted by Crippen LogP contribution is -2.07. The molecule has 0 spiro atoms. The molecule has 0 amide bonds. The van der Waals surface area contributed by atoms with Gasteiger partial charge in [0.15, 0.2) is 5.76 Å². The number of nitrogens with zero attached hydrogens (tertiary/aromatic N) is 1. The van der Waals surface area contributed by atoms with Gasteiger partial charge in [-0.05, 0) is 31.2 Å². The van der Waals surface area contributed by atoms with E-state index >= 15 is 0 Å². The summed E-state index contributed by atoms with van der Waals surface area (Å²) in [6.07, 6.45) is 0. The van der Waals surface area contributed by atoms with Crippen LogP contribution in [0.25, 0.3) is 22.6 Å². The topological polar surface area (TPSA) is 52.3 Å². The van der Waals surface area contributed by atoms with Crippen molar-refractivity contribution >= 4 is 5.97 Å². The largest absolute Gasteiger partial charge is 0.462 e. The maximum atomic E-state index is 14.1. The number of hydrogen-bond donors (Lipinski definition) is 0. The molecule has 24 heavy (non-hydrogen) atoms. The molecule has 0 N–H and O–H groups in total. The van der Waals surface area contributed by atoms with Gasteiger partial charge < -0.3 is 9.26 Å². The van der Waals surface area contributed by atoms with Crippen LogP contribution in [-0.2, 0) is 4.74 Å². The maximum absolute atomic E-state index is 14.1. The summed E-state index contributed by atoms with van der Waals surface area (Å²) in [6, 6.07) is 11.6. The Morgan fingerprint density at radius 1 is 1.04 bits per heavy atom. The van der Waals surface area contributed by atoms with Gasteiger partial charge in [0.05, 0.1) is 12.2 Å². The second-order valence-electron chi connectivity index (χ2n) is 4.92. The summed E-state index contributed by atoms with van der Waals surface area (Å²) >= 11 is 0. The van der Waals surface area contributed by atoms with E-state index in [-0.39, 0.29) is 34.8 Å². The van der Waals surface area contributed by atoms with Crippen LogP contribution >= 0.6 is 0 Å². The van der Waals surface area contributed by atoms with E-state index < -0.39 is 17.6 Å². The van der Waals surface area contributed by atoms with E-state index in [1.807, 2.05) is 0 Å². The van der Waals surface area contributed by atoms with Crippen molar-refractivity contribution in [1.29, 1.82) is 0 Å². The average Bonchev–Trinajstić information content (AvgIpc) is 3.00. The lowest BCUT2D eigenvalue weighted by atomic mass is 10.0. The Balaban J connectivity index is 2.24. The predicted octanol–water partition coefficient (Wildman–Crippen LogP) is 4.46. The Kier molecular flexibility index (Phi) is 4.37. The van der Waals surface area contributed by atoms with Crippen LogP contribution < -0.4 is 0 Å². The Bertz CT molecular complexity index is 826. The molecule has 0 unspecified atom stereocenters. The molecule has 2 aromatic carbocycles. The van der Waals surface area contributed by atoms with Gasteiger partial charge in [0.25, 0.3) is 0 Å². The number of carbonyl (C=O) groups excluding carboxylic acids is 1. The van der Waals surface area contributed by atoms with E-state index in [1.165, 1.54) is 36.4 Å². The van der Waals surface area contributed by atoms with Crippen LogP contribution in [0.1, 0.15) is 17.3 Å². The molecule has 3 aromatic rings. The standard InChI is InChI=1S/C18H13F2NO3/c1-2-23-18(22)15-16(11-7-3-5-9-13(11)19)21-24-17(15)12-8-4-6-10-14(12)20/h3-10H,2H2,1H3. The van der Waals surface area contributed by atoms with Crippen molar-refractivity contribution in [3.8, 4) is 22.6 Å². The molecule has 1 aromatic heterocycles. The molecule has 0 saturated heterocycles. The van der Waals surface area contributed by atoms with E-state index in [9.17, 15) is 13.6 Å². The fourth-order valence-corrected chi connectivity index (χ4v) is 2.35. The first-order valence-electron chi connectivity index (χ1n) is 7.30. The minimum atomic E-state index is -0.754. The summed E-state index contributed by atoms with van der Waals surface area (Å²) in [4.78, 5) is 12.3. The first-order chi connectivity index (χ1) is 11.6. The molecule has 0 aliphatic carbocycles. The van der Waals surface area contributed by atoms with Crippen LogP contribution in [0.15, 0.2) is 53.1 Å². The molecule has 6 heteroatoms. The van der Waals surface area contributed by atoms with Crippen LogP contribution in [0.3, 0.4) is 0 Å². The highest BCUT2D eigenvalue weighted by Gasteiger charge is 2.28. The van der Waals surface area contributed by atoms with E-state index in [2.05, 4.69) is 5.16 Å². The summed E-state index contributed by atoms with van der Waals surface area (Å²) in [5.74, 6) is -2.00. The molecule has 0 saturated carbocycles. The second kappa shape index (κ2) is 6.62. The molecule has 0 aliphatic heterocycles. The molecule has 122 valence electrons. The number of rotatable bonds is 4. The van der Waals surface area contributed by atoms with Gasteiger partial charge in [-0.15, -0.1) is 0 Å². The number of hydrogen-bond acceptors (Lipinski definition) is 4. The van der Waals surface area contributed by atoms with Gasteiger partial charge in [-0.25, -0.2) is 13.6 Å². The van der Waals surface area contributed by atoms with E-state index in [1.54, 1.807) is 19.1 Å². The summed E-state index contributed by atoms with van der Waals surface area (Å²) in [7, 11) is 0. The van der Waals surface area contributed by atoms with Crippen LogP contribution in [0.2, 0.25) is 0 Å². The molecule has 0 radical (unpaired) electrons. The van der Waals surface area contributed by atoms with Crippen molar-refractivity contribution in [3.63, 3.8) is 0 Å². The van der Waals surface area contributed by atoms with Gasteiger partial charge in [0.1, 0.15) is 22.9 Å². The zero-order valence-corrected chi connectivity index (χ0v) is 12.8. The smallest absolute Gasteiger partial charge is 0.344 e. The Morgan fingerprint density at radius 3 is 2.21 bits per heavy atom. The maximum Gasteiger partial charge on any atom is 0.344 e. The highest BCUT2D eigenvalue weighted by molar-refractivity contribution is 6.01. The van der Waals surface area contributed by atoms with E-state index in [0.717, 1.165) is 0 Å². The van der Waals surface area contributed by atoms with Crippen molar-refractivity contribution in [1.82, 2.24) is 5.16 Å². The summed E-state index contributed by atoms with van der Waals surface area (Å²) in [5.41, 5.74) is -0.000567. The van der Waals surface area contributed by atoms with Gasteiger partial charge in [-0.3, -0.25) is 0 Å². The van der Waals surface area contributed by atoms with Gasteiger partial charge in [-0.2, -0.15) is 0 Å². The first-order valence-corrected chi connectivity index (χ1v) is 7.30. The zero-order valence-electron chi connectivity index (χ0n) is 12.8. The summed E-state index contributed by atoms with van der Waals surface area (Å²) in [6.45, 7) is 1.74. The number of benzene rings is 2. The average molecular weight is 329 g/mol. The lowest BCUT2D eigenvalue weighted by molar-refractivity contribution is 0.0527. The van der Waals surface area contributed by atoms with Crippen LogP contribution in [0.5, 0.6) is 0 Å². The van der Waals surface area contributed by atoms with Crippen molar-refractivity contribution in [2.45, 2.75) is 6.92 Å². The van der Waals surface area contributed by atoms with Crippen LogP contribution in [0.4, 0.5) is 8.78 Å². The molecule has 1 heterocycles. The Hall–Kier alpha value is -3.02. The number of ether oxygens (including phenoxy) is 1. The van der Waals surface area contributed by atoms with E-state index in [4.69, 9.17) is 9.26 Å². The van der Waals surface area contributed by atoms with Gasteiger partial charge in [0, 0.05) is 5.56 Å². The zero-order chi connectivity index (χ0) is 17.1. The molecular formula is C18H13F2NO3. The van der Waals surface area contributed by atoms with Crippen molar-refractivity contribution in [2.75, 3.05) is 6.61 Å². The van der Waals surface area contributed by atoms with Gasteiger partial charge >= 0.3 is 5.97 Å². The van der Waals surface area contributed by atoms with Gasteiger partial charge in [-0.1, -0.05) is 29.4 Å². The van der Waals surface area contributed by atoms with Gasteiger partial charge in [0.2, 0.25) is 0 Å². The first kappa shape index (κ1) is 15.9. The minimum Gasteiger partial charge on any atom is -0.462 e. The molecular weight excluding hydrogens is 316 g/mol. The molecule has 3 rings (SSSR count). The molecule has 0 atom stereocenters. The third-order valence-corrected chi connectivity index (χ3v) is 3.42. The number of esters is 1. The highest BCUT2D eigenvalue weighted by Crippen LogP contribution is 2.35. The molecule has 4 nitrogen and oxygen atoms in total. The SMILES string of the molecule is CCOC(=O)c1c(-c2ccccc2F)noc1-c1ccccc1F. The quantitative estimate of drug-likeness (QED) is 0.663. The fourth-order valence-electron chi connectivity index (χ4n) is 2.35. The third-order valence-electron chi connectivity index (χ3n) is 3.42. The molecule has 0 bridgehead atoms. The Morgan fingerprint density at radius 2 is 1.62 bits per heavy atom. The number of aromatic nitrogens is 1. The predicted molar refractivity (Wildman–Crippen MR) is 83.2 cm³/mol. The fraction of sp³-hybridized carbons (Fsp3) is 0.111. The number of halogens is 2. The van der Waals surface area contributed by atoms with Crippen LogP contribution in [-0.4, -0.2) is 17.7 Å². The van der Waals surface area contributed by atoms with E-state index in [0.29, 0.717) is 0 Å². The minimum absolute atomic E-state index is 0.0233. The lowest BCUT2D eigenvalue weighted by Gasteiger charge is -2.05. The molecule has 0 aliphatic rings. The normalized spacial score (nSPS) is 10.6. The van der Waals surface area contributed by atoms with Crippen LogP contribution in [0, 0.1) is 11.6 Å². The summed E-state index contributed by atoms with van der Waals surface area (Å²) < 4.78 is 38.4.